The Kier molecular flexibility index (Phi) is 5.36. The monoisotopic (exact) mass is 457 g/mol. The molecule has 1 N–H and O–H groups in total. The SMILES string of the molecule is CC(C)(CN1CCN(C2=Nc3ccccc3Oc3ccc(Br)cc32)CC1)C(=O)O. The Morgan fingerprint density at radius 2 is 1.86 bits per heavy atom. The van der Waals surface area contributed by atoms with Gasteiger partial charge in [-0.05, 0) is 44.2 Å². The van der Waals surface area contributed by atoms with Crippen LogP contribution in [-0.4, -0.2) is 59.4 Å². The van der Waals surface area contributed by atoms with E-state index in [0.717, 1.165) is 59.2 Å². The summed E-state index contributed by atoms with van der Waals surface area (Å²) in [6, 6.07) is 13.8. The highest BCUT2D eigenvalue weighted by atomic mass is 79.9. The van der Waals surface area contributed by atoms with Crippen molar-refractivity contribution in [2.75, 3.05) is 32.7 Å². The quantitative estimate of drug-likeness (QED) is 0.741. The van der Waals surface area contributed by atoms with Gasteiger partial charge in [-0.1, -0.05) is 28.1 Å². The summed E-state index contributed by atoms with van der Waals surface area (Å²) in [5.41, 5.74) is 1.01. The van der Waals surface area contributed by atoms with Gasteiger partial charge < -0.3 is 14.7 Å². The molecule has 2 aliphatic rings. The number of aliphatic imine (C=N–C) groups is 1. The minimum atomic E-state index is -0.763. The van der Waals surface area contributed by atoms with Crippen LogP contribution in [0.4, 0.5) is 5.69 Å². The molecule has 0 amide bonds. The Hall–Kier alpha value is -2.38. The number of hydrogen-bond acceptors (Lipinski definition) is 5. The zero-order valence-corrected chi connectivity index (χ0v) is 18.1. The third kappa shape index (κ3) is 4.16. The van der Waals surface area contributed by atoms with Crippen LogP contribution >= 0.6 is 15.9 Å². The van der Waals surface area contributed by atoms with Crippen molar-refractivity contribution < 1.29 is 14.6 Å². The molecule has 2 aromatic carbocycles. The molecule has 2 aliphatic heterocycles. The number of para-hydroxylation sites is 2. The Labute approximate surface area is 178 Å². The molecule has 0 aromatic heterocycles. The third-order valence-corrected chi connectivity index (χ3v) is 5.86. The van der Waals surface area contributed by atoms with Gasteiger partial charge in [-0.15, -0.1) is 0 Å². The first kappa shape index (κ1) is 19.9. The first-order valence-electron chi connectivity index (χ1n) is 9.70. The van der Waals surface area contributed by atoms with E-state index < -0.39 is 11.4 Å². The maximum Gasteiger partial charge on any atom is 0.310 e. The fourth-order valence-corrected chi connectivity index (χ4v) is 4.04. The van der Waals surface area contributed by atoms with Crippen molar-refractivity contribution in [3.8, 4) is 11.5 Å². The fraction of sp³-hybridized carbons (Fsp3) is 0.364. The van der Waals surface area contributed by atoms with Crippen LogP contribution in [0.3, 0.4) is 0 Å². The smallest absolute Gasteiger partial charge is 0.310 e. The largest absolute Gasteiger partial charge is 0.481 e. The summed E-state index contributed by atoms with van der Waals surface area (Å²) in [4.78, 5) is 20.9. The second-order valence-electron chi connectivity index (χ2n) is 8.10. The molecule has 4 rings (SSSR count). The summed E-state index contributed by atoms with van der Waals surface area (Å²) in [6.45, 7) is 7.24. The Morgan fingerprint density at radius 3 is 2.59 bits per heavy atom. The standard InChI is InChI=1S/C22H24BrN3O3/c1-22(2,21(27)28)14-25-9-11-26(12-10-25)20-16-13-15(23)7-8-18(16)29-19-6-4-3-5-17(19)24-20/h3-8,13H,9-12,14H2,1-2H3,(H,27,28). The van der Waals surface area contributed by atoms with Crippen molar-refractivity contribution in [2.24, 2.45) is 10.4 Å². The Bertz CT molecular complexity index is 966. The second-order valence-corrected chi connectivity index (χ2v) is 9.01. The van der Waals surface area contributed by atoms with Gasteiger partial charge in [0.2, 0.25) is 0 Å². The molecular weight excluding hydrogens is 434 g/mol. The number of rotatable bonds is 3. The van der Waals surface area contributed by atoms with Crippen molar-refractivity contribution in [2.45, 2.75) is 13.8 Å². The zero-order valence-electron chi connectivity index (χ0n) is 16.6. The molecule has 29 heavy (non-hydrogen) atoms. The number of nitrogens with zero attached hydrogens (tertiary/aromatic N) is 3. The number of fused-ring (bicyclic) bond motifs is 2. The molecule has 2 aromatic rings. The van der Waals surface area contributed by atoms with Gasteiger partial charge in [-0.2, -0.15) is 0 Å². The van der Waals surface area contributed by atoms with Gasteiger partial charge in [0.15, 0.2) is 5.75 Å². The first-order valence-corrected chi connectivity index (χ1v) is 10.5. The summed E-state index contributed by atoms with van der Waals surface area (Å²) in [7, 11) is 0. The summed E-state index contributed by atoms with van der Waals surface area (Å²) in [6.07, 6.45) is 0. The number of halogens is 1. The number of hydrogen-bond donors (Lipinski definition) is 1. The van der Waals surface area contributed by atoms with Crippen LogP contribution in [-0.2, 0) is 4.79 Å². The lowest BCUT2D eigenvalue weighted by Gasteiger charge is -2.39. The average molecular weight is 458 g/mol. The molecule has 1 fully saturated rings. The lowest BCUT2D eigenvalue weighted by Crippen LogP contribution is -2.52. The van der Waals surface area contributed by atoms with Crippen molar-refractivity contribution in [1.29, 1.82) is 0 Å². The van der Waals surface area contributed by atoms with Crippen LogP contribution < -0.4 is 4.74 Å². The number of carboxylic acids is 1. The molecule has 0 saturated carbocycles. The number of piperazine rings is 1. The highest BCUT2D eigenvalue weighted by Crippen LogP contribution is 2.39. The van der Waals surface area contributed by atoms with E-state index in [1.165, 1.54) is 0 Å². The first-order chi connectivity index (χ1) is 13.8. The van der Waals surface area contributed by atoms with Crippen LogP contribution in [0, 0.1) is 5.41 Å². The van der Waals surface area contributed by atoms with Gasteiger partial charge in [0.1, 0.15) is 17.3 Å². The van der Waals surface area contributed by atoms with E-state index in [1.807, 2.05) is 42.5 Å². The van der Waals surface area contributed by atoms with E-state index in [0.29, 0.717) is 6.54 Å². The van der Waals surface area contributed by atoms with E-state index in [9.17, 15) is 9.90 Å². The summed E-state index contributed by atoms with van der Waals surface area (Å²) in [5.74, 6) is 1.66. The topological polar surface area (TPSA) is 65.4 Å². The van der Waals surface area contributed by atoms with E-state index in [4.69, 9.17) is 9.73 Å². The van der Waals surface area contributed by atoms with E-state index in [2.05, 4.69) is 25.7 Å². The maximum absolute atomic E-state index is 11.5. The van der Waals surface area contributed by atoms with E-state index in [1.54, 1.807) is 13.8 Å². The van der Waals surface area contributed by atoms with Gasteiger partial charge in [-0.3, -0.25) is 9.69 Å². The van der Waals surface area contributed by atoms with E-state index >= 15 is 0 Å². The number of ether oxygens (including phenoxy) is 1. The minimum absolute atomic E-state index is 0.538. The maximum atomic E-state index is 11.5. The van der Waals surface area contributed by atoms with Crippen molar-refractivity contribution in [3.05, 3.63) is 52.5 Å². The van der Waals surface area contributed by atoms with Crippen LogP contribution in [0.2, 0.25) is 0 Å². The molecule has 0 spiro atoms. The van der Waals surface area contributed by atoms with Crippen molar-refractivity contribution >= 4 is 33.4 Å². The number of benzene rings is 2. The molecule has 0 aliphatic carbocycles. The van der Waals surface area contributed by atoms with E-state index in [-0.39, 0.29) is 0 Å². The fourth-order valence-electron chi connectivity index (χ4n) is 3.68. The number of carboxylic acid groups (broad SMARTS) is 1. The van der Waals surface area contributed by atoms with Crippen LogP contribution in [0.1, 0.15) is 19.4 Å². The lowest BCUT2D eigenvalue weighted by molar-refractivity contribution is -0.148. The molecular formula is C22H24BrN3O3. The van der Waals surface area contributed by atoms with Gasteiger partial charge in [0.25, 0.3) is 0 Å². The van der Waals surface area contributed by atoms with Crippen LogP contribution in [0.5, 0.6) is 11.5 Å². The zero-order chi connectivity index (χ0) is 20.6. The number of carbonyl (C=O) groups is 1. The molecule has 1 saturated heterocycles. The number of amidine groups is 1. The van der Waals surface area contributed by atoms with Gasteiger partial charge >= 0.3 is 5.97 Å². The lowest BCUT2D eigenvalue weighted by atomic mass is 9.93. The highest BCUT2D eigenvalue weighted by molar-refractivity contribution is 9.10. The molecule has 0 radical (unpaired) electrons. The molecule has 0 unspecified atom stereocenters. The van der Waals surface area contributed by atoms with Crippen LogP contribution in [0.15, 0.2) is 51.9 Å². The van der Waals surface area contributed by atoms with Crippen molar-refractivity contribution in [3.63, 3.8) is 0 Å². The third-order valence-electron chi connectivity index (χ3n) is 5.36. The molecule has 0 bridgehead atoms. The van der Waals surface area contributed by atoms with Gasteiger partial charge in [0.05, 0.1) is 11.0 Å². The highest BCUT2D eigenvalue weighted by Gasteiger charge is 2.32. The van der Waals surface area contributed by atoms with Gasteiger partial charge in [-0.25, -0.2) is 4.99 Å². The van der Waals surface area contributed by atoms with Crippen molar-refractivity contribution in [1.82, 2.24) is 9.80 Å². The predicted octanol–water partition coefficient (Wildman–Crippen LogP) is 4.36. The minimum Gasteiger partial charge on any atom is -0.481 e. The molecule has 2 heterocycles. The van der Waals surface area contributed by atoms with Gasteiger partial charge in [0, 0.05) is 37.2 Å². The summed E-state index contributed by atoms with van der Waals surface area (Å²) in [5, 5.41) is 9.41. The van der Waals surface area contributed by atoms with Crippen LogP contribution in [0.25, 0.3) is 0 Å². The molecule has 152 valence electrons. The molecule has 6 nitrogen and oxygen atoms in total. The number of aliphatic carboxylic acids is 1. The Morgan fingerprint density at radius 1 is 1.14 bits per heavy atom. The Balaban J connectivity index is 1.60. The predicted molar refractivity (Wildman–Crippen MR) is 116 cm³/mol. The summed E-state index contributed by atoms with van der Waals surface area (Å²) < 4.78 is 7.13. The molecule has 0 atom stereocenters. The summed E-state index contributed by atoms with van der Waals surface area (Å²) >= 11 is 3.57. The molecule has 7 heteroatoms. The second kappa shape index (κ2) is 7.80. The average Bonchev–Trinajstić information content (AvgIpc) is 2.85. The normalized spacial score (nSPS) is 16.9.